The predicted molar refractivity (Wildman–Crippen MR) is 70.8 cm³/mol. The highest BCUT2D eigenvalue weighted by molar-refractivity contribution is 5.85. The number of carboxylic acids is 1. The average molecular weight is 294 g/mol. The van der Waals surface area contributed by atoms with Gasteiger partial charge in [0.2, 0.25) is 11.1 Å². The lowest BCUT2D eigenvalue weighted by Crippen LogP contribution is -2.25. The second-order valence-corrected chi connectivity index (χ2v) is 4.76. The summed E-state index contributed by atoms with van der Waals surface area (Å²) < 4.78 is 27.6. The minimum absolute atomic E-state index is 0.138. The van der Waals surface area contributed by atoms with Crippen LogP contribution in [-0.4, -0.2) is 20.9 Å². The lowest BCUT2D eigenvalue weighted by molar-refractivity contribution is 0.0686. The minimum atomic E-state index is -1.50. The molecular weight excluding hydrogens is 282 g/mol. The quantitative estimate of drug-likeness (QED) is 0.943. The van der Waals surface area contributed by atoms with Crippen molar-refractivity contribution in [2.45, 2.75) is 19.8 Å². The Kier molecular flexibility index (Phi) is 3.84. The van der Waals surface area contributed by atoms with E-state index in [0.717, 1.165) is 16.8 Å². The van der Waals surface area contributed by atoms with Crippen molar-refractivity contribution in [3.05, 3.63) is 57.5 Å². The third-order valence-electron chi connectivity index (χ3n) is 2.93. The standard InChI is InChI=1S/C14H12F2N2O3/c1-7(2)9-6-18(17-12(13(9)19)14(20)21)11-4-3-8(15)5-10(11)16/h3-7H,1-2H3,(H,20,21). The summed E-state index contributed by atoms with van der Waals surface area (Å²) in [6.45, 7) is 3.40. The molecule has 0 spiro atoms. The number of aromatic nitrogens is 2. The van der Waals surface area contributed by atoms with E-state index in [1.165, 1.54) is 6.20 Å². The molecule has 0 aliphatic heterocycles. The maximum Gasteiger partial charge on any atom is 0.360 e. The zero-order chi connectivity index (χ0) is 15.7. The third-order valence-corrected chi connectivity index (χ3v) is 2.93. The molecule has 2 aromatic rings. The Morgan fingerprint density at radius 3 is 2.52 bits per heavy atom. The van der Waals surface area contributed by atoms with Crippen LogP contribution in [0.25, 0.3) is 5.69 Å². The van der Waals surface area contributed by atoms with Crippen molar-refractivity contribution in [1.82, 2.24) is 9.78 Å². The maximum atomic E-state index is 13.8. The molecule has 7 heteroatoms. The molecule has 0 aliphatic carbocycles. The Morgan fingerprint density at radius 1 is 1.33 bits per heavy atom. The predicted octanol–water partition coefficient (Wildman–Crippen LogP) is 2.33. The average Bonchev–Trinajstić information content (AvgIpc) is 2.38. The van der Waals surface area contributed by atoms with Crippen LogP contribution in [0.3, 0.4) is 0 Å². The lowest BCUT2D eigenvalue weighted by Gasteiger charge is -2.12. The summed E-state index contributed by atoms with van der Waals surface area (Å²) >= 11 is 0. The Bertz CT molecular complexity index is 769. The van der Waals surface area contributed by atoms with Gasteiger partial charge in [-0.15, -0.1) is 0 Å². The molecule has 1 heterocycles. The molecular formula is C14H12F2N2O3. The summed E-state index contributed by atoms with van der Waals surface area (Å²) in [6.07, 6.45) is 1.26. The molecule has 0 radical (unpaired) electrons. The Hall–Kier alpha value is -2.57. The van der Waals surface area contributed by atoms with E-state index in [0.29, 0.717) is 6.07 Å². The van der Waals surface area contributed by atoms with Gasteiger partial charge in [0, 0.05) is 17.8 Å². The van der Waals surface area contributed by atoms with Crippen LogP contribution in [0.15, 0.2) is 29.2 Å². The van der Waals surface area contributed by atoms with Crippen molar-refractivity contribution in [3.63, 3.8) is 0 Å². The topological polar surface area (TPSA) is 72.2 Å². The molecule has 0 saturated heterocycles. The summed E-state index contributed by atoms with van der Waals surface area (Å²) in [5, 5.41) is 12.6. The van der Waals surface area contributed by atoms with E-state index in [1.54, 1.807) is 13.8 Å². The molecule has 0 fully saturated rings. The minimum Gasteiger partial charge on any atom is -0.476 e. The highest BCUT2D eigenvalue weighted by Gasteiger charge is 2.19. The number of aromatic carboxylic acids is 1. The van der Waals surface area contributed by atoms with Gasteiger partial charge >= 0.3 is 5.97 Å². The number of nitrogens with zero attached hydrogens (tertiary/aromatic N) is 2. The van der Waals surface area contributed by atoms with E-state index in [4.69, 9.17) is 5.11 Å². The molecule has 0 atom stereocenters. The van der Waals surface area contributed by atoms with Gasteiger partial charge in [-0.05, 0) is 18.1 Å². The highest BCUT2D eigenvalue weighted by Crippen LogP contribution is 2.16. The zero-order valence-corrected chi connectivity index (χ0v) is 11.3. The Labute approximate surface area is 118 Å². The number of rotatable bonds is 3. The van der Waals surface area contributed by atoms with Gasteiger partial charge in [0.05, 0.1) is 0 Å². The molecule has 0 unspecified atom stereocenters. The van der Waals surface area contributed by atoms with E-state index in [2.05, 4.69) is 5.10 Å². The molecule has 1 aromatic carbocycles. The normalized spacial score (nSPS) is 10.9. The largest absolute Gasteiger partial charge is 0.476 e. The summed E-state index contributed by atoms with van der Waals surface area (Å²) in [5.74, 6) is -3.44. The van der Waals surface area contributed by atoms with Crippen LogP contribution in [0.2, 0.25) is 0 Å². The van der Waals surface area contributed by atoms with Crippen LogP contribution in [0, 0.1) is 11.6 Å². The molecule has 110 valence electrons. The first kappa shape index (κ1) is 14.8. The summed E-state index contributed by atoms with van der Waals surface area (Å²) in [5.41, 5.74) is -1.37. The van der Waals surface area contributed by atoms with Crippen molar-refractivity contribution in [2.24, 2.45) is 0 Å². The molecule has 2 rings (SSSR count). The van der Waals surface area contributed by atoms with Crippen LogP contribution in [-0.2, 0) is 0 Å². The van der Waals surface area contributed by atoms with Gasteiger partial charge in [-0.25, -0.2) is 18.3 Å². The monoisotopic (exact) mass is 294 g/mol. The molecule has 5 nitrogen and oxygen atoms in total. The Morgan fingerprint density at radius 2 is 2.00 bits per heavy atom. The fourth-order valence-electron chi connectivity index (χ4n) is 1.85. The van der Waals surface area contributed by atoms with Crippen LogP contribution >= 0.6 is 0 Å². The van der Waals surface area contributed by atoms with Crippen molar-refractivity contribution >= 4 is 5.97 Å². The first-order chi connectivity index (χ1) is 9.81. The van der Waals surface area contributed by atoms with Crippen LogP contribution in [0.4, 0.5) is 8.78 Å². The number of carbonyl (C=O) groups is 1. The number of hydrogen-bond donors (Lipinski definition) is 1. The van der Waals surface area contributed by atoms with Crippen molar-refractivity contribution in [1.29, 1.82) is 0 Å². The maximum absolute atomic E-state index is 13.8. The van der Waals surface area contributed by atoms with Gasteiger partial charge in [0.1, 0.15) is 11.5 Å². The van der Waals surface area contributed by atoms with E-state index in [1.807, 2.05) is 0 Å². The molecule has 1 N–H and O–H groups in total. The molecule has 0 saturated carbocycles. The van der Waals surface area contributed by atoms with Gasteiger partial charge in [-0.3, -0.25) is 4.79 Å². The van der Waals surface area contributed by atoms with Crippen LogP contribution in [0.1, 0.15) is 35.8 Å². The highest BCUT2D eigenvalue weighted by atomic mass is 19.1. The SMILES string of the molecule is CC(C)c1cn(-c2ccc(F)cc2F)nc(C(=O)O)c1=O. The van der Waals surface area contributed by atoms with E-state index in [-0.39, 0.29) is 17.2 Å². The van der Waals surface area contributed by atoms with Crippen molar-refractivity contribution < 1.29 is 18.7 Å². The third kappa shape index (κ3) is 2.81. The molecule has 0 amide bonds. The fraction of sp³-hybridized carbons (Fsp3) is 0.214. The van der Waals surface area contributed by atoms with E-state index >= 15 is 0 Å². The van der Waals surface area contributed by atoms with Gasteiger partial charge in [-0.2, -0.15) is 5.10 Å². The Balaban J connectivity index is 2.75. The first-order valence-electron chi connectivity index (χ1n) is 6.14. The number of hydrogen-bond acceptors (Lipinski definition) is 3. The number of halogens is 2. The van der Waals surface area contributed by atoms with E-state index < -0.39 is 28.7 Å². The summed E-state index contributed by atoms with van der Waals surface area (Å²) in [7, 11) is 0. The lowest BCUT2D eigenvalue weighted by atomic mass is 10.0. The summed E-state index contributed by atoms with van der Waals surface area (Å²) in [4.78, 5) is 23.1. The van der Waals surface area contributed by atoms with Crippen molar-refractivity contribution in [2.75, 3.05) is 0 Å². The van der Waals surface area contributed by atoms with E-state index in [9.17, 15) is 18.4 Å². The molecule has 0 bridgehead atoms. The molecule has 0 aliphatic rings. The first-order valence-corrected chi connectivity index (χ1v) is 6.14. The van der Waals surface area contributed by atoms with Crippen molar-refractivity contribution in [3.8, 4) is 5.69 Å². The summed E-state index contributed by atoms with van der Waals surface area (Å²) in [6, 6.07) is 2.80. The number of carboxylic acid groups (broad SMARTS) is 1. The van der Waals surface area contributed by atoms with Crippen LogP contribution in [0.5, 0.6) is 0 Å². The molecule has 21 heavy (non-hydrogen) atoms. The smallest absolute Gasteiger partial charge is 0.360 e. The second-order valence-electron chi connectivity index (χ2n) is 4.76. The fourth-order valence-corrected chi connectivity index (χ4v) is 1.85. The van der Waals surface area contributed by atoms with Gasteiger partial charge < -0.3 is 5.11 Å². The molecule has 1 aromatic heterocycles. The van der Waals surface area contributed by atoms with Gasteiger partial charge in [0.25, 0.3) is 0 Å². The zero-order valence-electron chi connectivity index (χ0n) is 11.3. The van der Waals surface area contributed by atoms with Gasteiger partial charge in [-0.1, -0.05) is 13.8 Å². The van der Waals surface area contributed by atoms with Crippen LogP contribution < -0.4 is 5.43 Å². The van der Waals surface area contributed by atoms with Gasteiger partial charge in [0.15, 0.2) is 5.82 Å². The number of benzene rings is 1. The second kappa shape index (κ2) is 5.43.